The smallest absolute Gasteiger partial charge is 0.241 e. The minimum Gasteiger partial charge on any atom is -0.342 e. The van der Waals surface area contributed by atoms with Crippen molar-refractivity contribution in [2.24, 2.45) is 7.05 Å². The maximum absolute atomic E-state index is 13.1. The topological polar surface area (TPSA) is 67.2 Å². The Morgan fingerprint density at radius 2 is 1.68 bits per heavy atom. The second-order valence-corrected chi connectivity index (χ2v) is 8.77. The van der Waals surface area contributed by atoms with Crippen LogP contribution < -0.4 is 9.62 Å². The van der Waals surface area contributed by atoms with Crippen LogP contribution in [0.1, 0.15) is 12.8 Å². The van der Waals surface area contributed by atoms with E-state index in [2.05, 4.69) is 14.6 Å². The van der Waals surface area contributed by atoms with Gasteiger partial charge in [0.05, 0.1) is 4.90 Å². The molecule has 1 aromatic heterocycles. The van der Waals surface area contributed by atoms with Crippen molar-refractivity contribution in [3.8, 4) is 11.1 Å². The van der Waals surface area contributed by atoms with Gasteiger partial charge in [-0.05, 0) is 24.5 Å². The fourth-order valence-electron chi connectivity index (χ4n) is 3.70. The van der Waals surface area contributed by atoms with Gasteiger partial charge in [0.1, 0.15) is 0 Å². The second kappa shape index (κ2) is 7.77. The first-order valence-electron chi connectivity index (χ1n) is 9.44. The average Bonchev–Trinajstić information content (AvgIpc) is 3.15. The molecule has 0 unspecified atom stereocenters. The predicted octanol–water partition coefficient (Wildman–Crippen LogP) is 3.03. The summed E-state index contributed by atoms with van der Waals surface area (Å²) in [7, 11) is -1.64. The van der Waals surface area contributed by atoms with Crippen LogP contribution in [0.4, 0.5) is 5.95 Å². The Bertz CT molecular complexity index is 1040. The molecule has 1 N–H and O–H groups in total. The Morgan fingerprint density at radius 3 is 2.36 bits per heavy atom. The van der Waals surface area contributed by atoms with Gasteiger partial charge in [0, 0.05) is 44.1 Å². The molecule has 146 valence electrons. The number of rotatable bonds is 5. The number of piperidine rings is 1. The molecule has 7 heteroatoms. The van der Waals surface area contributed by atoms with Crippen molar-refractivity contribution in [1.82, 2.24) is 14.3 Å². The monoisotopic (exact) mass is 396 g/mol. The van der Waals surface area contributed by atoms with E-state index in [1.54, 1.807) is 18.3 Å². The number of imidazole rings is 1. The molecule has 0 aliphatic carbocycles. The summed E-state index contributed by atoms with van der Waals surface area (Å²) in [6.45, 7) is 1.55. The zero-order chi connectivity index (χ0) is 19.6. The molecule has 28 heavy (non-hydrogen) atoms. The van der Waals surface area contributed by atoms with Crippen molar-refractivity contribution in [3.05, 3.63) is 67.0 Å². The van der Waals surface area contributed by atoms with Crippen molar-refractivity contribution in [1.29, 1.82) is 0 Å². The van der Waals surface area contributed by atoms with Gasteiger partial charge in [-0.2, -0.15) is 0 Å². The number of benzene rings is 2. The number of anilines is 1. The molecule has 0 amide bonds. The standard InChI is InChI=1S/C21H24N4O2S/c1-24-16-13-22-21(24)25-14-11-18(12-15-25)23-28(26,27)20-10-6-5-9-19(20)17-7-3-2-4-8-17/h2-10,13,16,18,23H,11-12,14-15H2,1H3. The maximum Gasteiger partial charge on any atom is 0.241 e. The van der Waals surface area contributed by atoms with Gasteiger partial charge in [0.15, 0.2) is 0 Å². The van der Waals surface area contributed by atoms with Gasteiger partial charge in [0.25, 0.3) is 0 Å². The van der Waals surface area contributed by atoms with Crippen LogP contribution in [0.2, 0.25) is 0 Å². The van der Waals surface area contributed by atoms with Crippen molar-refractivity contribution >= 4 is 16.0 Å². The van der Waals surface area contributed by atoms with E-state index in [4.69, 9.17) is 0 Å². The molecule has 2 heterocycles. The molecule has 0 atom stereocenters. The van der Waals surface area contributed by atoms with E-state index < -0.39 is 10.0 Å². The third-order valence-corrected chi connectivity index (χ3v) is 6.74. The molecule has 1 aliphatic heterocycles. The largest absolute Gasteiger partial charge is 0.342 e. The molecule has 0 bridgehead atoms. The van der Waals surface area contributed by atoms with Crippen LogP contribution >= 0.6 is 0 Å². The maximum atomic E-state index is 13.1. The van der Waals surface area contributed by atoms with Crippen LogP contribution in [-0.2, 0) is 17.1 Å². The minimum absolute atomic E-state index is 0.0784. The number of aromatic nitrogens is 2. The molecule has 1 aliphatic rings. The molecule has 1 fully saturated rings. The predicted molar refractivity (Wildman–Crippen MR) is 111 cm³/mol. The molecule has 0 spiro atoms. The first kappa shape index (κ1) is 18.7. The summed E-state index contributed by atoms with van der Waals surface area (Å²) in [5.41, 5.74) is 1.62. The fraction of sp³-hybridized carbons (Fsp3) is 0.286. The van der Waals surface area contributed by atoms with Crippen LogP contribution in [0.5, 0.6) is 0 Å². The van der Waals surface area contributed by atoms with E-state index in [0.717, 1.165) is 43.0 Å². The zero-order valence-corrected chi connectivity index (χ0v) is 16.6. The van der Waals surface area contributed by atoms with Gasteiger partial charge in [0.2, 0.25) is 16.0 Å². The van der Waals surface area contributed by atoms with Crippen LogP contribution in [-0.4, -0.2) is 37.1 Å². The second-order valence-electron chi connectivity index (χ2n) is 7.08. The van der Waals surface area contributed by atoms with Crippen molar-refractivity contribution in [3.63, 3.8) is 0 Å². The minimum atomic E-state index is -3.61. The number of nitrogens with zero attached hydrogens (tertiary/aromatic N) is 3. The molecule has 3 aromatic rings. The van der Waals surface area contributed by atoms with E-state index in [0.29, 0.717) is 4.90 Å². The quantitative estimate of drug-likeness (QED) is 0.720. The highest BCUT2D eigenvalue weighted by Crippen LogP contribution is 2.28. The van der Waals surface area contributed by atoms with Gasteiger partial charge >= 0.3 is 0 Å². The van der Waals surface area contributed by atoms with E-state index in [9.17, 15) is 8.42 Å². The Hall–Kier alpha value is -2.64. The van der Waals surface area contributed by atoms with Crippen molar-refractivity contribution in [2.75, 3.05) is 18.0 Å². The number of aryl methyl sites for hydroxylation is 1. The number of hydrogen-bond acceptors (Lipinski definition) is 4. The van der Waals surface area contributed by atoms with Crippen molar-refractivity contribution in [2.45, 2.75) is 23.8 Å². The average molecular weight is 397 g/mol. The molecular formula is C21H24N4O2S. The summed E-state index contributed by atoms with van der Waals surface area (Å²) in [4.78, 5) is 6.91. The van der Waals surface area contributed by atoms with Crippen LogP contribution in [0.25, 0.3) is 11.1 Å². The van der Waals surface area contributed by atoms with Gasteiger partial charge in [-0.3, -0.25) is 0 Å². The Morgan fingerprint density at radius 1 is 1.00 bits per heavy atom. The highest BCUT2D eigenvalue weighted by molar-refractivity contribution is 7.89. The third-order valence-electron chi connectivity index (χ3n) is 5.16. The number of sulfonamides is 1. The van der Waals surface area contributed by atoms with E-state index in [1.165, 1.54) is 0 Å². The summed E-state index contributed by atoms with van der Waals surface area (Å²) < 4.78 is 31.1. The van der Waals surface area contributed by atoms with E-state index >= 15 is 0 Å². The third kappa shape index (κ3) is 3.81. The lowest BCUT2D eigenvalue weighted by Crippen LogP contribution is -2.45. The van der Waals surface area contributed by atoms with Crippen LogP contribution in [0.15, 0.2) is 71.9 Å². The van der Waals surface area contributed by atoms with Gasteiger partial charge in [-0.25, -0.2) is 18.1 Å². The molecule has 2 aromatic carbocycles. The summed E-state index contributed by atoms with van der Waals surface area (Å²) in [5.74, 6) is 0.927. The Labute approximate surface area is 165 Å². The van der Waals surface area contributed by atoms with Gasteiger partial charge < -0.3 is 9.47 Å². The summed E-state index contributed by atoms with van der Waals surface area (Å²) in [6, 6.07) is 16.7. The van der Waals surface area contributed by atoms with E-state index in [-0.39, 0.29) is 6.04 Å². The molecular weight excluding hydrogens is 372 g/mol. The highest BCUT2D eigenvalue weighted by Gasteiger charge is 2.27. The van der Waals surface area contributed by atoms with Gasteiger partial charge in [-0.1, -0.05) is 48.5 Å². The Balaban J connectivity index is 1.50. The lowest BCUT2D eigenvalue weighted by Gasteiger charge is -2.32. The zero-order valence-electron chi connectivity index (χ0n) is 15.8. The molecule has 0 radical (unpaired) electrons. The van der Waals surface area contributed by atoms with Crippen molar-refractivity contribution < 1.29 is 8.42 Å². The first-order valence-corrected chi connectivity index (χ1v) is 10.9. The summed E-state index contributed by atoms with van der Waals surface area (Å²) in [6.07, 6.45) is 5.20. The van der Waals surface area contributed by atoms with Crippen LogP contribution in [0, 0.1) is 0 Å². The fourth-order valence-corrected chi connectivity index (χ4v) is 5.23. The Kier molecular flexibility index (Phi) is 5.19. The number of hydrogen-bond donors (Lipinski definition) is 1. The SMILES string of the molecule is Cn1ccnc1N1CCC(NS(=O)(=O)c2ccccc2-c2ccccc2)CC1. The summed E-state index contributed by atoms with van der Waals surface area (Å²) >= 11 is 0. The highest BCUT2D eigenvalue weighted by atomic mass is 32.2. The number of nitrogens with one attached hydrogen (secondary N) is 1. The molecule has 4 rings (SSSR count). The van der Waals surface area contributed by atoms with E-state index in [1.807, 2.05) is 60.3 Å². The normalized spacial score (nSPS) is 15.7. The van der Waals surface area contributed by atoms with Crippen LogP contribution in [0.3, 0.4) is 0 Å². The summed E-state index contributed by atoms with van der Waals surface area (Å²) in [5, 5.41) is 0. The van der Waals surface area contributed by atoms with Gasteiger partial charge in [-0.15, -0.1) is 0 Å². The molecule has 0 saturated carbocycles. The first-order chi connectivity index (χ1) is 13.5. The lowest BCUT2D eigenvalue weighted by molar-refractivity contribution is 0.454. The molecule has 6 nitrogen and oxygen atoms in total. The lowest BCUT2D eigenvalue weighted by atomic mass is 10.1. The molecule has 1 saturated heterocycles.